The lowest BCUT2D eigenvalue weighted by Gasteiger charge is -2.18. The van der Waals surface area contributed by atoms with Crippen molar-refractivity contribution in [1.82, 2.24) is 4.90 Å². The fraction of sp³-hybridized carbons (Fsp3) is 0.235. The maximum atomic E-state index is 12.1. The van der Waals surface area contributed by atoms with E-state index in [1.165, 1.54) is 5.56 Å². The Kier molecular flexibility index (Phi) is 4.77. The summed E-state index contributed by atoms with van der Waals surface area (Å²) >= 11 is 0. The van der Waals surface area contributed by atoms with Crippen LogP contribution in [0.25, 0.3) is 0 Å². The van der Waals surface area contributed by atoms with E-state index in [0.717, 1.165) is 17.7 Å². The van der Waals surface area contributed by atoms with Crippen LogP contribution in [-0.4, -0.2) is 24.5 Å². The fourth-order valence-corrected chi connectivity index (χ4v) is 1.98. The van der Waals surface area contributed by atoms with Gasteiger partial charge in [0.15, 0.2) is 0 Å². The quantitative estimate of drug-likeness (QED) is 0.901. The summed E-state index contributed by atoms with van der Waals surface area (Å²) in [5, 5.41) is 2.91. The van der Waals surface area contributed by atoms with Crippen molar-refractivity contribution < 1.29 is 4.79 Å². The van der Waals surface area contributed by atoms with E-state index in [4.69, 9.17) is 0 Å². The number of likely N-dealkylation sites (N-methyl/N-ethyl adjacent to an activating group) is 1. The second-order valence-corrected chi connectivity index (χ2v) is 4.96. The zero-order valence-electron chi connectivity index (χ0n) is 12.0. The summed E-state index contributed by atoms with van der Waals surface area (Å²) in [5.41, 5.74) is 3.21. The molecule has 0 aliphatic rings. The molecule has 2 amide bonds. The predicted octanol–water partition coefficient (Wildman–Crippen LogP) is 3.70. The maximum absolute atomic E-state index is 12.1. The van der Waals surface area contributed by atoms with Crippen LogP contribution < -0.4 is 5.32 Å². The van der Waals surface area contributed by atoms with Crippen LogP contribution in [0.4, 0.5) is 10.5 Å². The molecule has 3 heteroatoms. The standard InChI is InChI=1S/C17H20N2O/c1-14-7-6-10-16(13-14)18-17(20)19(2)12-11-15-8-4-3-5-9-15/h3-10,13H,11-12H2,1-2H3,(H,18,20). The highest BCUT2D eigenvalue weighted by molar-refractivity contribution is 5.89. The SMILES string of the molecule is Cc1cccc(NC(=O)N(C)CCc2ccccc2)c1. The molecule has 20 heavy (non-hydrogen) atoms. The molecule has 0 bridgehead atoms. The Labute approximate surface area is 120 Å². The summed E-state index contributed by atoms with van der Waals surface area (Å²) in [6.07, 6.45) is 0.860. The third-order valence-electron chi connectivity index (χ3n) is 3.19. The van der Waals surface area contributed by atoms with E-state index in [1.54, 1.807) is 4.90 Å². The van der Waals surface area contributed by atoms with E-state index >= 15 is 0 Å². The van der Waals surface area contributed by atoms with Crippen molar-refractivity contribution in [3.05, 3.63) is 65.7 Å². The van der Waals surface area contributed by atoms with Crippen LogP contribution in [-0.2, 0) is 6.42 Å². The first kappa shape index (κ1) is 14.1. The summed E-state index contributed by atoms with van der Waals surface area (Å²) in [5.74, 6) is 0. The van der Waals surface area contributed by atoms with E-state index < -0.39 is 0 Å². The first-order valence-corrected chi connectivity index (χ1v) is 6.78. The van der Waals surface area contributed by atoms with E-state index in [2.05, 4.69) is 17.4 Å². The van der Waals surface area contributed by atoms with E-state index in [-0.39, 0.29) is 6.03 Å². The molecule has 2 aromatic rings. The summed E-state index contributed by atoms with van der Waals surface area (Å²) in [4.78, 5) is 13.8. The van der Waals surface area contributed by atoms with Crippen molar-refractivity contribution in [1.29, 1.82) is 0 Å². The van der Waals surface area contributed by atoms with Crippen molar-refractivity contribution in [2.45, 2.75) is 13.3 Å². The first-order chi connectivity index (χ1) is 9.65. The van der Waals surface area contributed by atoms with Gasteiger partial charge in [-0.3, -0.25) is 0 Å². The minimum atomic E-state index is -0.0773. The van der Waals surface area contributed by atoms with Gasteiger partial charge in [-0.15, -0.1) is 0 Å². The predicted molar refractivity (Wildman–Crippen MR) is 83.0 cm³/mol. The highest BCUT2D eigenvalue weighted by atomic mass is 16.2. The van der Waals surface area contributed by atoms with Crippen molar-refractivity contribution >= 4 is 11.7 Å². The molecule has 1 N–H and O–H groups in total. The van der Waals surface area contributed by atoms with Gasteiger partial charge < -0.3 is 10.2 Å². The number of hydrogen-bond donors (Lipinski definition) is 1. The van der Waals surface area contributed by atoms with Crippen molar-refractivity contribution in [3.8, 4) is 0 Å². The smallest absolute Gasteiger partial charge is 0.321 e. The summed E-state index contributed by atoms with van der Waals surface area (Å²) in [6, 6.07) is 17.9. The molecular formula is C17H20N2O. The number of benzene rings is 2. The normalized spacial score (nSPS) is 10.1. The minimum Gasteiger partial charge on any atom is -0.327 e. The van der Waals surface area contributed by atoms with Gasteiger partial charge in [0.05, 0.1) is 0 Å². The van der Waals surface area contributed by atoms with Gasteiger partial charge in [0.1, 0.15) is 0 Å². The number of rotatable bonds is 4. The Bertz CT molecular complexity index is 566. The molecule has 0 fully saturated rings. The Morgan fingerprint density at radius 2 is 1.85 bits per heavy atom. The molecule has 0 saturated heterocycles. The second-order valence-electron chi connectivity index (χ2n) is 4.96. The number of amides is 2. The van der Waals surface area contributed by atoms with Crippen LogP contribution in [0.1, 0.15) is 11.1 Å². The molecule has 0 aliphatic heterocycles. The third-order valence-corrected chi connectivity index (χ3v) is 3.19. The Morgan fingerprint density at radius 3 is 2.55 bits per heavy atom. The summed E-state index contributed by atoms with van der Waals surface area (Å²) in [6.45, 7) is 2.70. The average molecular weight is 268 g/mol. The van der Waals surface area contributed by atoms with Crippen LogP contribution in [0.2, 0.25) is 0 Å². The minimum absolute atomic E-state index is 0.0773. The van der Waals surface area contributed by atoms with Crippen LogP contribution in [0.5, 0.6) is 0 Å². The molecule has 2 rings (SSSR count). The molecule has 0 radical (unpaired) electrons. The van der Waals surface area contributed by atoms with Gasteiger partial charge in [-0.05, 0) is 36.6 Å². The van der Waals surface area contributed by atoms with Crippen LogP contribution in [0.3, 0.4) is 0 Å². The van der Waals surface area contributed by atoms with Gasteiger partial charge in [0.25, 0.3) is 0 Å². The highest BCUT2D eigenvalue weighted by Crippen LogP contribution is 2.10. The lowest BCUT2D eigenvalue weighted by Crippen LogP contribution is -2.32. The van der Waals surface area contributed by atoms with Crippen LogP contribution in [0.15, 0.2) is 54.6 Å². The molecule has 0 saturated carbocycles. The van der Waals surface area contributed by atoms with Crippen LogP contribution >= 0.6 is 0 Å². The number of hydrogen-bond acceptors (Lipinski definition) is 1. The van der Waals surface area contributed by atoms with E-state index in [1.807, 2.05) is 56.4 Å². The van der Waals surface area contributed by atoms with Gasteiger partial charge in [-0.1, -0.05) is 42.5 Å². The lowest BCUT2D eigenvalue weighted by molar-refractivity contribution is 0.223. The fourth-order valence-electron chi connectivity index (χ4n) is 1.98. The molecule has 3 nitrogen and oxygen atoms in total. The third kappa shape index (κ3) is 4.12. The van der Waals surface area contributed by atoms with Gasteiger partial charge in [-0.25, -0.2) is 4.79 Å². The topological polar surface area (TPSA) is 32.3 Å². The second kappa shape index (κ2) is 6.75. The zero-order chi connectivity index (χ0) is 14.4. The Balaban J connectivity index is 1.86. The largest absolute Gasteiger partial charge is 0.327 e. The molecule has 0 aromatic heterocycles. The van der Waals surface area contributed by atoms with Gasteiger partial charge in [-0.2, -0.15) is 0 Å². The van der Waals surface area contributed by atoms with Gasteiger partial charge in [0.2, 0.25) is 0 Å². The van der Waals surface area contributed by atoms with Crippen molar-refractivity contribution in [3.63, 3.8) is 0 Å². The highest BCUT2D eigenvalue weighted by Gasteiger charge is 2.08. The van der Waals surface area contributed by atoms with Gasteiger partial charge >= 0.3 is 6.03 Å². The summed E-state index contributed by atoms with van der Waals surface area (Å²) < 4.78 is 0. The summed E-state index contributed by atoms with van der Waals surface area (Å²) in [7, 11) is 1.81. The average Bonchev–Trinajstić information content (AvgIpc) is 2.46. The Hall–Kier alpha value is -2.29. The molecule has 0 spiro atoms. The van der Waals surface area contributed by atoms with E-state index in [0.29, 0.717) is 6.54 Å². The number of anilines is 1. The number of nitrogens with zero attached hydrogens (tertiary/aromatic N) is 1. The number of carbonyl (C=O) groups is 1. The Morgan fingerprint density at radius 1 is 1.10 bits per heavy atom. The van der Waals surface area contributed by atoms with E-state index in [9.17, 15) is 4.79 Å². The number of urea groups is 1. The molecule has 0 heterocycles. The lowest BCUT2D eigenvalue weighted by atomic mass is 10.1. The van der Waals surface area contributed by atoms with Crippen molar-refractivity contribution in [2.75, 3.05) is 18.9 Å². The van der Waals surface area contributed by atoms with Gasteiger partial charge in [0, 0.05) is 19.3 Å². The first-order valence-electron chi connectivity index (χ1n) is 6.78. The monoisotopic (exact) mass is 268 g/mol. The van der Waals surface area contributed by atoms with Crippen LogP contribution in [0, 0.1) is 6.92 Å². The molecule has 104 valence electrons. The number of nitrogens with one attached hydrogen (secondary N) is 1. The number of aryl methyl sites for hydroxylation is 1. The molecule has 0 unspecified atom stereocenters. The number of carbonyl (C=O) groups excluding carboxylic acids is 1. The molecule has 2 aromatic carbocycles. The molecule has 0 aliphatic carbocycles. The zero-order valence-corrected chi connectivity index (χ0v) is 12.0. The molecular weight excluding hydrogens is 248 g/mol. The van der Waals surface area contributed by atoms with Crippen molar-refractivity contribution in [2.24, 2.45) is 0 Å². The maximum Gasteiger partial charge on any atom is 0.321 e. The molecule has 0 atom stereocenters.